The largest absolute Gasteiger partial charge is 0.342 e. The summed E-state index contributed by atoms with van der Waals surface area (Å²) in [6.07, 6.45) is 3.87. The van der Waals surface area contributed by atoms with E-state index in [0.717, 1.165) is 28.2 Å². The molecule has 178 valence electrons. The summed E-state index contributed by atoms with van der Waals surface area (Å²) in [5.41, 5.74) is 6.87. The zero-order valence-electron chi connectivity index (χ0n) is 21.7. The van der Waals surface area contributed by atoms with E-state index >= 15 is 0 Å². The number of fused-ring (bicyclic) bond motifs is 1. The third-order valence-electron chi connectivity index (χ3n) is 5.50. The Morgan fingerprint density at radius 3 is 2.21 bits per heavy atom. The lowest BCUT2D eigenvalue weighted by molar-refractivity contribution is 0.504. The molecule has 0 aliphatic heterocycles. The van der Waals surface area contributed by atoms with Crippen LogP contribution in [0.1, 0.15) is 45.7 Å². The molecule has 0 saturated heterocycles. The van der Waals surface area contributed by atoms with Gasteiger partial charge in [-0.05, 0) is 56.0 Å². The Kier molecular flexibility index (Phi) is 9.37. The molecule has 0 spiro atoms. The number of allylic oxidation sites excluding steroid dienone is 2. The van der Waals surface area contributed by atoms with Gasteiger partial charge in [0.15, 0.2) is 0 Å². The maximum absolute atomic E-state index is 4.34. The lowest BCUT2D eigenvalue weighted by Gasteiger charge is -2.20. The first-order valence-electron chi connectivity index (χ1n) is 11.5. The summed E-state index contributed by atoms with van der Waals surface area (Å²) in [6, 6.07) is 18.4. The molecule has 2 aromatic carbocycles. The van der Waals surface area contributed by atoms with Crippen LogP contribution >= 0.6 is 0 Å². The van der Waals surface area contributed by atoms with Crippen LogP contribution in [0, 0.1) is 12.3 Å². The summed E-state index contributed by atoms with van der Waals surface area (Å²) in [6.45, 7) is 20.7. The Labute approximate surface area is 205 Å². The Balaban J connectivity index is 0.000000266. The average molecular weight is 455 g/mol. The Bertz CT molecular complexity index is 1190. The van der Waals surface area contributed by atoms with Gasteiger partial charge in [-0.3, -0.25) is 9.98 Å². The topological polar surface area (TPSA) is 49.3 Å². The second-order valence-electron chi connectivity index (χ2n) is 9.44. The number of nitrogens with one attached hydrogen (secondary N) is 2. The second kappa shape index (κ2) is 12.0. The molecule has 1 heterocycles. The minimum Gasteiger partial charge on any atom is -0.342 e. The van der Waals surface area contributed by atoms with Crippen molar-refractivity contribution in [3.63, 3.8) is 0 Å². The lowest BCUT2D eigenvalue weighted by atomic mass is 9.87. The molecule has 0 unspecified atom stereocenters. The standard InChI is InChI=1S/C18H27N3.C12H11N/c1-13-8-10-16(11-9-13)20-15(3)21-17(19-7)12-14(2)18(4,5)6;1-9(2)11-7-3-5-10-6-4-8-13-12(10)11/h8-12,20H,3H2,1-2,4-7H3,(H,19,21);3-8H,1H2,2H3/b14-12+;. The molecule has 3 rings (SSSR count). The maximum Gasteiger partial charge on any atom is 0.126 e. The van der Waals surface area contributed by atoms with E-state index in [9.17, 15) is 0 Å². The first-order chi connectivity index (χ1) is 16.0. The quantitative estimate of drug-likeness (QED) is 0.306. The van der Waals surface area contributed by atoms with Crippen molar-refractivity contribution in [1.82, 2.24) is 10.3 Å². The number of aromatic nitrogens is 1. The van der Waals surface area contributed by atoms with Crippen molar-refractivity contribution in [3.8, 4) is 0 Å². The molecule has 0 bridgehead atoms. The second-order valence-corrected chi connectivity index (χ2v) is 9.44. The van der Waals surface area contributed by atoms with Crippen molar-refractivity contribution in [1.29, 1.82) is 0 Å². The fourth-order valence-electron chi connectivity index (χ4n) is 3.02. The first-order valence-corrected chi connectivity index (χ1v) is 11.5. The highest BCUT2D eigenvalue weighted by Gasteiger charge is 2.13. The number of aryl methyl sites for hydroxylation is 1. The molecule has 2 N–H and O–H groups in total. The van der Waals surface area contributed by atoms with Gasteiger partial charge in [0, 0.05) is 29.9 Å². The van der Waals surface area contributed by atoms with Gasteiger partial charge in [-0.1, -0.05) is 81.5 Å². The van der Waals surface area contributed by atoms with E-state index in [1.54, 1.807) is 7.05 Å². The maximum atomic E-state index is 4.34. The molecule has 0 radical (unpaired) electrons. The van der Waals surface area contributed by atoms with Crippen LogP contribution in [0.15, 0.2) is 96.4 Å². The molecule has 3 aromatic rings. The molecular weight excluding hydrogens is 416 g/mol. The van der Waals surface area contributed by atoms with Gasteiger partial charge in [-0.25, -0.2) is 0 Å². The van der Waals surface area contributed by atoms with Crippen LogP contribution in [-0.4, -0.2) is 17.9 Å². The van der Waals surface area contributed by atoms with Crippen LogP contribution in [0.5, 0.6) is 0 Å². The molecule has 4 nitrogen and oxygen atoms in total. The molecule has 0 fully saturated rings. The number of nitrogens with zero attached hydrogens (tertiary/aromatic N) is 2. The van der Waals surface area contributed by atoms with E-state index in [0.29, 0.717) is 5.82 Å². The van der Waals surface area contributed by atoms with Crippen LogP contribution in [0.2, 0.25) is 0 Å². The van der Waals surface area contributed by atoms with Crippen molar-refractivity contribution in [3.05, 3.63) is 103 Å². The van der Waals surface area contributed by atoms with E-state index in [4.69, 9.17) is 0 Å². The molecule has 4 heteroatoms. The van der Waals surface area contributed by atoms with Crippen molar-refractivity contribution in [2.24, 2.45) is 10.4 Å². The molecule has 1 aromatic heterocycles. The van der Waals surface area contributed by atoms with Gasteiger partial charge < -0.3 is 10.6 Å². The van der Waals surface area contributed by atoms with Gasteiger partial charge in [-0.15, -0.1) is 0 Å². The summed E-state index contributed by atoms with van der Waals surface area (Å²) < 4.78 is 0. The summed E-state index contributed by atoms with van der Waals surface area (Å²) in [4.78, 5) is 8.61. The van der Waals surface area contributed by atoms with E-state index in [2.05, 4.69) is 105 Å². The predicted octanol–water partition coefficient (Wildman–Crippen LogP) is 7.76. The Morgan fingerprint density at radius 1 is 0.971 bits per heavy atom. The smallest absolute Gasteiger partial charge is 0.126 e. The SMILES string of the molecule is C=C(C)c1cccc2cccnc12.C=C(NC(/C=C(\C)C(C)(C)C)=NC)Nc1ccc(C)cc1. The molecule has 0 aliphatic rings. The van der Waals surface area contributed by atoms with E-state index in [1.807, 2.05) is 37.4 Å². The Morgan fingerprint density at radius 2 is 1.62 bits per heavy atom. The zero-order chi connectivity index (χ0) is 25.3. The van der Waals surface area contributed by atoms with E-state index in [-0.39, 0.29) is 5.41 Å². The monoisotopic (exact) mass is 454 g/mol. The number of anilines is 1. The number of amidine groups is 1. The van der Waals surface area contributed by atoms with Gasteiger partial charge in [0.05, 0.1) is 5.52 Å². The summed E-state index contributed by atoms with van der Waals surface area (Å²) in [5, 5.41) is 7.60. The number of benzene rings is 2. The highest BCUT2D eigenvalue weighted by atomic mass is 15.1. The van der Waals surface area contributed by atoms with E-state index in [1.165, 1.54) is 16.5 Å². The molecule has 0 amide bonds. The minimum absolute atomic E-state index is 0.128. The molecule has 0 aliphatic carbocycles. The lowest BCUT2D eigenvalue weighted by Crippen LogP contribution is -2.25. The highest BCUT2D eigenvalue weighted by Crippen LogP contribution is 2.24. The highest BCUT2D eigenvalue weighted by molar-refractivity contribution is 5.95. The third-order valence-corrected chi connectivity index (χ3v) is 5.50. The number of rotatable bonds is 5. The summed E-state index contributed by atoms with van der Waals surface area (Å²) in [5.74, 6) is 1.50. The van der Waals surface area contributed by atoms with E-state index < -0.39 is 0 Å². The van der Waals surface area contributed by atoms with Crippen molar-refractivity contribution < 1.29 is 0 Å². The molecular formula is C30H38N4. The van der Waals surface area contributed by atoms with Crippen molar-refractivity contribution >= 4 is 28.0 Å². The van der Waals surface area contributed by atoms with Gasteiger partial charge in [-0.2, -0.15) is 0 Å². The molecule has 34 heavy (non-hydrogen) atoms. The molecule has 0 saturated carbocycles. The summed E-state index contributed by atoms with van der Waals surface area (Å²) in [7, 11) is 1.77. The van der Waals surface area contributed by atoms with Crippen LogP contribution in [0.25, 0.3) is 16.5 Å². The van der Waals surface area contributed by atoms with Crippen LogP contribution in [0.4, 0.5) is 5.69 Å². The van der Waals surface area contributed by atoms with Gasteiger partial charge >= 0.3 is 0 Å². The average Bonchev–Trinajstić information content (AvgIpc) is 2.79. The van der Waals surface area contributed by atoms with Crippen LogP contribution in [0.3, 0.4) is 0 Å². The molecule has 0 atom stereocenters. The third kappa shape index (κ3) is 8.04. The van der Waals surface area contributed by atoms with Crippen molar-refractivity contribution in [2.45, 2.75) is 41.5 Å². The number of pyridine rings is 1. The fraction of sp³-hybridized carbons (Fsp3) is 0.267. The normalized spacial score (nSPS) is 12.0. The number of para-hydroxylation sites is 1. The summed E-state index contributed by atoms with van der Waals surface area (Å²) >= 11 is 0. The number of hydrogen-bond donors (Lipinski definition) is 2. The first kappa shape index (κ1) is 26.6. The van der Waals surface area contributed by atoms with Crippen LogP contribution < -0.4 is 10.6 Å². The zero-order valence-corrected chi connectivity index (χ0v) is 21.7. The van der Waals surface area contributed by atoms with Crippen molar-refractivity contribution in [2.75, 3.05) is 12.4 Å². The predicted molar refractivity (Wildman–Crippen MR) is 150 cm³/mol. The Hall–Kier alpha value is -3.66. The van der Waals surface area contributed by atoms with Gasteiger partial charge in [0.1, 0.15) is 11.7 Å². The number of hydrogen-bond acceptors (Lipinski definition) is 3. The van der Waals surface area contributed by atoms with Crippen LogP contribution in [-0.2, 0) is 0 Å². The van der Waals surface area contributed by atoms with Gasteiger partial charge in [0.2, 0.25) is 0 Å². The fourth-order valence-corrected chi connectivity index (χ4v) is 3.02. The number of aliphatic imine (C=N–C) groups is 1. The minimum atomic E-state index is 0.128. The van der Waals surface area contributed by atoms with Gasteiger partial charge in [0.25, 0.3) is 0 Å².